The van der Waals surface area contributed by atoms with Gasteiger partial charge in [-0.15, -0.1) is 12.4 Å². The van der Waals surface area contributed by atoms with Crippen molar-refractivity contribution in [1.29, 1.82) is 0 Å². The fourth-order valence-electron chi connectivity index (χ4n) is 4.20. The monoisotopic (exact) mass is 302 g/mol. The molecule has 0 spiro atoms. The number of nitrogens with zero attached hydrogens (tertiary/aromatic N) is 1. The molecule has 1 aliphatic carbocycles. The first-order valence-electron chi connectivity index (χ1n) is 7.80. The zero-order valence-electron chi connectivity index (χ0n) is 12.4. The zero-order valence-corrected chi connectivity index (χ0v) is 13.2. The minimum Gasteiger partial charge on any atom is -0.368 e. The van der Waals surface area contributed by atoms with Crippen molar-refractivity contribution in [3.8, 4) is 0 Å². The number of halogens is 1. The third kappa shape index (κ3) is 2.83. The number of carbonyl (C=O) groups is 1. The highest BCUT2D eigenvalue weighted by Gasteiger charge is 2.46. The van der Waals surface area contributed by atoms with Gasteiger partial charge >= 0.3 is 0 Å². The number of nitrogens with one attached hydrogen (secondary N) is 1. The van der Waals surface area contributed by atoms with Gasteiger partial charge in [-0.1, -0.05) is 12.8 Å². The quantitative estimate of drug-likeness (QED) is 0.846. The van der Waals surface area contributed by atoms with Crippen molar-refractivity contribution in [3.05, 3.63) is 0 Å². The fraction of sp³-hybridized carbons (Fsp3) is 0.933. The fourth-order valence-corrected chi connectivity index (χ4v) is 4.20. The SMILES string of the molecule is COC1(C(=O)N2CC3CCCCC3C2)CCNCC1.Cl. The molecule has 2 saturated heterocycles. The molecule has 1 amide bonds. The number of fused-ring (bicyclic) bond motifs is 1. The lowest BCUT2D eigenvalue weighted by molar-refractivity contribution is -0.157. The summed E-state index contributed by atoms with van der Waals surface area (Å²) in [6.07, 6.45) is 6.96. The predicted molar refractivity (Wildman–Crippen MR) is 81.1 cm³/mol. The van der Waals surface area contributed by atoms with E-state index in [1.165, 1.54) is 25.7 Å². The maximum Gasteiger partial charge on any atom is 0.254 e. The predicted octanol–water partition coefficient (Wildman–Crippen LogP) is 1.83. The van der Waals surface area contributed by atoms with Gasteiger partial charge in [-0.3, -0.25) is 4.79 Å². The molecule has 2 unspecified atom stereocenters. The average Bonchev–Trinajstić information content (AvgIpc) is 2.91. The molecular formula is C15H27ClN2O2. The Balaban J connectivity index is 0.00000147. The Morgan fingerprint density at radius 1 is 1.15 bits per heavy atom. The summed E-state index contributed by atoms with van der Waals surface area (Å²) in [6.45, 7) is 3.73. The van der Waals surface area contributed by atoms with Crippen LogP contribution in [0.4, 0.5) is 0 Å². The number of hydrogen-bond donors (Lipinski definition) is 1. The molecular weight excluding hydrogens is 276 g/mol. The summed E-state index contributed by atoms with van der Waals surface area (Å²) >= 11 is 0. The van der Waals surface area contributed by atoms with E-state index in [0.717, 1.165) is 50.9 Å². The number of rotatable bonds is 2. The van der Waals surface area contributed by atoms with Gasteiger partial charge < -0.3 is 15.0 Å². The van der Waals surface area contributed by atoms with Gasteiger partial charge in [0.2, 0.25) is 0 Å². The molecule has 3 aliphatic rings. The number of amides is 1. The van der Waals surface area contributed by atoms with Crippen molar-refractivity contribution < 1.29 is 9.53 Å². The second kappa shape index (κ2) is 6.63. The Morgan fingerprint density at radius 2 is 1.70 bits per heavy atom. The minimum absolute atomic E-state index is 0. The molecule has 1 saturated carbocycles. The molecule has 3 rings (SSSR count). The maximum atomic E-state index is 12.9. The van der Waals surface area contributed by atoms with Crippen molar-refractivity contribution in [2.75, 3.05) is 33.3 Å². The number of likely N-dealkylation sites (tertiary alicyclic amines) is 1. The summed E-state index contributed by atoms with van der Waals surface area (Å²) < 4.78 is 5.68. The highest BCUT2D eigenvalue weighted by atomic mass is 35.5. The second-order valence-corrected chi connectivity index (χ2v) is 6.46. The Labute approximate surface area is 128 Å². The molecule has 20 heavy (non-hydrogen) atoms. The van der Waals surface area contributed by atoms with Crippen molar-refractivity contribution in [2.45, 2.75) is 44.1 Å². The first-order valence-corrected chi connectivity index (χ1v) is 7.80. The van der Waals surface area contributed by atoms with Crippen LogP contribution in [0.2, 0.25) is 0 Å². The standard InChI is InChI=1S/C15H26N2O2.ClH/c1-19-15(6-8-16-9-7-15)14(18)17-10-12-4-2-3-5-13(12)11-17;/h12-13,16H,2-11H2,1H3;1H. The number of methoxy groups -OCH3 is 1. The highest BCUT2D eigenvalue weighted by Crippen LogP contribution is 2.38. The largest absolute Gasteiger partial charge is 0.368 e. The van der Waals surface area contributed by atoms with Crippen LogP contribution in [0.5, 0.6) is 0 Å². The van der Waals surface area contributed by atoms with Crippen LogP contribution < -0.4 is 5.32 Å². The number of hydrogen-bond acceptors (Lipinski definition) is 3. The first kappa shape index (κ1) is 16.1. The summed E-state index contributed by atoms with van der Waals surface area (Å²) in [5.41, 5.74) is -0.543. The van der Waals surface area contributed by atoms with Crippen LogP contribution in [0.3, 0.4) is 0 Å². The number of carbonyl (C=O) groups excluding carboxylic acids is 1. The summed E-state index contributed by atoms with van der Waals surface area (Å²) in [5.74, 6) is 1.77. The molecule has 0 aromatic rings. The topological polar surface area (TPSA) is 41.6 Å². The van der Waals surface area contributed by atoms with Crippen LogP contribution in [0.1, 0.15) is 38.5 Å². The van der Waals surface area contributed by atoms with Gasteiger partial charge in [0.15, 0.2) is 0 Å². The molecule has 0 aromatic heterocycles. The zero-order chi connectivity index (χ0) is 13.3. The van der Waals surface area contributed by atoms with E-state index >= 15 is 0 Å². The van der Waals surface area contributed by atoms with Crippen LogP contribution in [-0.4, -0.2) is 49.7 Å². The van der Waals surface area contributed by atoms with Gasteiger partial charge in [0.25, 0.3) is 5.91 Å². The van der Waals surface area contributed by atoms with E-state index in [1.54, 1.807) is 7.11 Å². The smallest absolute Gasteiger partial charge is 0.254 e. The summed E-state index contributed by atoms with van der Waals surface area (Å²) in [4.78, 5) is 15.0. The van der Waals surface area contributed by atoms with E-state index in [2.05, 4.69) is 10.2 Å². The molecule has 0 aromatic carbocycles. The molecule has 2 atom stereocenters. The average molecular weight is 303 g/mol. The normalized spacial score (nSPS) is 32.4. The summed E-state index contributed by atoms with van der Waals surface area (Å²) in [7, 11) is 1.70. The highest BCUT2D eigenvalue weighted by molar-refractivity contribution is 5.86. The Morgan fingerprint density at radius 3 is 2.20 bits per heavy atom. The lowest BCUT2D eigenvalue weighted by atomic mass is 9.82. The van der Waals surface area contributed by atoms with Crippen LogP contribution in [-0.2, 0) is 9.53 Å². The molecule has 2 aliphatic heterocycles. The van der Waals surface area contributed by atoms with Crippen LogP contribution in [0.15, 0.2) is 0 Å². The molecule has 5 heteroatoms. The van der Waals surface area contributed by atoms with Crippen molar-refractivity contribution in [3.63, 3.8) is 0 Å². The number of ether oxygens (including phenoxy) is 1. The van der Waals surface area contributed by atoms with Crippen LogP contribution in [0, 0.1) is 11.8 Å². The van der Waals surface area contributed by atoms with E-state index < -0.39 is 5.60 Å². The van der Waals surface area contributed by atoms with E-state index in [-0.39, 0.29) is 18.3 Å². The molecule has 1 N–H and O–H groups in total. The van der Waals surface area contributed by atoms with Gasteiger partial charge in [-0.25, -0.2) is 0 Å². The molecule has 0 bridgehead atoms. The Kier molecular flexibility index (Phi) is 5.32. The minimum atomic E-state index is -0.543. The third-order valence-electron chi connectivity index (χ3n) is 5.46. The van der Waals surface area contributed by atoms with Crippen LogP contribution >= 0.6 is 12.4 Å². The lowest BCUT2D eigenvalue weighted by Gasteiger charge is -2.37. The van der Waals surface area contributed by atoms with Gasteiger partial charge in [0.05, 0.1) is 0 Å². The summed E-state index contributed by atoms with van der Waals surface area (Å²) in [5, 5.41) is 3.32. The molecule has 0 radical (unpaired) electrons. The summed E-state index contributed by atoms with van der Waals surface area (Å²) in [6, 6.07) is 0. The Hall–Kier alpha value is -0.320. The van der Waals surface area contributed by atoms with Gasteiger partial charge in [-0.05, 0) is 50.6 Å². The van der Waals surface area contributed by atoms with Crippen molar-refractivity contribution >= 4 is 18.3 Å². The lowest BCUT2D eigenvalue weighted by Crippen LogP contribution is -2.55. The van der Waals surface area contributed by atoms with E-state index in [1.807, 2.05) is 0 Å². The van der Waals surface area contributed by atoms with Gasteiger partial charge in [0.1, 0.15) is 5.60 Å². The molecule has 4 nitrogen and oxygen atoms in total. The van der Waals surface area contributed by atoms with E-state index in [0.29, 0.717) is 0 Å². The second-order valence-electron chi connectivity index (χ2n) is 6.46. The van der Waals surface area contributed by atoms with E-state index in [9.17, 15) is 4.79 Å². The van der Waals surface area contributed by atoms with Crippen molar-refractivity contribution in [1.82, 2.24) is 10.2 Å². The van der Waals surface area contributed by atoms with E-state index in [4.69, 9.17) is 4.74 Å². The number of piperidine rings is 1. The molecule has 116 valence electrons. The third-order valence-corrected chi connectivity index (χ3v) is 5.46. The molecule has 3 fully saturated rings. The van der Waals surface area contributed by atoms with Crippen molar-refractivity contribution in [2.24, 2.45) is 11.8 Å². The van der Waals surface area contributed by atoms with Gasteiger partial charge in [0, 0.05) is 20.2 Å². The van der Waals surface area contributed by atoms with Gasteiger partial charge in [-0.2, -0.15) is 0 Å². The van der Waals surface area contributed by atoms with Crippen LogP contribution in [0.25, 0.3) is 0 Å². The Bertz CT molecular complexity index is 331. The maximum absolute atomic E-state index is 12.9. The first-order chi connectivity index (χ1) is 9.25. The molecule has 2 heterocycles.